The number of aromatic nitrogens is 1. The average molecular weight is 578 g/mol. The van der Waals surface area contributed by atoms with Gasteiger partial charge in [0.25, 0.3) is 5.91 Å². The minimum atomic E-state index is 0.132. The molecule has 3 aromatic carbocycles. The van der Waals surface area contributed by atoms with Crippen LogP contribution in [0.1, 0.15) is 80.8 Å². The predicted octanol–water partition coefficient (Wildman–Crippen LogP) is 8.89. The molecular formula is C38H47N3O2. The zero-order valence-corrected chi connectivity index (χ0v) is 26.2. The summed E-state index contributed by atoms with van der Waals surface area (Å²) in [5, 5.41) is 4.28. The number of hydrogen-bond donors (Lipinski definition) is 0. The summed E-state index contributed by atoms with van der Waals surface area (Å²) in [7, 11) is 0. The van der Waals surface area contributed by atoms with Gasteiger partial charge in [0.2, 0.25) is 0 Å². The number of piperidine rings is 1. The Kier molecular flexibility index (Phi) is 10.8. The summed E-state index contributed by atoms with van der Waals surface area (Å²) in [6.07, 6.45) is 7.98. The highest BCUT2D eigenvalue weighted by atomic mass is 16.5. The molecule has 0 aliphatic carbocycles. The molecule has 43 heavy (non-hydrogen) atoms. The first-order valence-corrected chi connectivity index (χ1v) is 16.2. The topological polar surface area (TPSA) is 49.6 Å². The Balaban J connectivity index is 1.30. The zero-order chi connectivity index (χ0) is 30.0. The summed E-state index contributed by atoms with van der Waals surface area (Å²) in [5.41, 5.74) is 6.06. The lowest BCUT2D eigenvalue weighted by Gasteiger charge is -2.39. The number of amides is 1. The Hall–Kier alpha value is -3.70. The number of hydrogen-bond acceptors (Lipinski definition) is 4. The first-order valence-electron chi connectivity index (χ1n) is 16.2. The lowest BCUT2D eigenvalue weighted by molar-refractivity contribution is 0.0546. The van der Waals surface area contributed by atoms with Crippen molar-refractivity contribution < 1.29 is 9.32 Å². The number of unbranched alkanes of at least 4 members (excludes halogenated alkanes) is 2. The Morgan fingerprint density at radius 1 is 0.907 bits per heavy atom. The SMILES string of the molecule is CCCCCc1ccc(C(=O)N(Cc2ccc(-c3cc(-c4ccccc4)no3)cc2)C2CCN(CCC(C)C)CC2)cc1. The largest absolute Gasteiger partial charge is 0.356 e. The number of carbonyl (C=O) groups excluding carboxylic acids is 1. The monoisotopic (exact) mass is 577 g/mol. The summed E-state index contributed by atoms with van der Waals surface area (Å²) >= 11 is 0. The van der Waals surface area contributed by atoms with Crippen molar-refractivity contribution in [2.75, 3.05) is 19.6 Å². The van der Waals surface area contributed by atoms with E-state index in [0.29, 0.717) is 12.5 Å². The minimum absolute atomic E-state index is 0.132. The highest BCUT2D eigenvalue weighted by Gasteiger charge is 2.29. The van der Waals surface area contributed by atoms with Crippen LogP contribution in [-0.2, 0) is 13.0 Å². The molecule has 1 saturated heterocycles. The van der Waals surface area contributed by atoms with Gasteiger partial charge in [0.05, 0.1) is 0 Å². The summed E-state index contributed by atoms with van der Waals surface area (Å²) in [6, 6.07) is 29.0. The van der Waals surface area contributed by atoms with Crippen LogP contribution in [0.15, 0.2) is 89.5 Å². The molecule has 5 heteroatoms. The third-order valence-electron chi connectivity index (χ3n) is 8.72. The maximum absolute atomic E-state index is 14.0. The van der Waals surface area contributed by atoms with E-state index in [1.807, 2.05) is 48.5 Å². The molecule has 0 atom stereocenters. The van der Waals surface area contributed by atoms with Crippen molar-refractivity contribution in [3.8, 4) is 22.6 Å². The van der Waals surface area contributed by atoms with E-state index in [9.17, 15) is 4.79 Å². The average Bonchev–Trinajstić information content (AvgIpc) is 3.54. The van der Waals surface area contributed by atoms with Crippen molar-refractivity contribution >= 4 is 5.91 Å². The molecule has 5 nitrogen and oxygen atoms in total. The number of carbonyl (C=O) groups is 1. The third-order valence-corrected chi connectivity index (χ3v) is 8.72. The third kappa shape index (κ3) is 8.45. The fraction of sp³-hybridized carbons (Fsp3) is 0.421. The molecule has 0 radical (unpaired) electrons. The summed E-state index contributed by atoms with van der Waals surface area (Å²) < 4.78 is 5.68. The Labute approximate surface area is 257 Å². The normalized spacial score (nSPS) is 14.3. The van der Waals surface area contributed by atoms with E-state index < -0.39 is 0 Å². The number of aryl methyl sites for hydroxylation is 1. The van der Waals surface area contributed by atoms with Gasteiger partial charge in [-0.25, -0.2) is 0 Å². The molecule has 4 aromatic rings. The highest BCUT2D eigenvalue weighted by molar-refractivity contribution is 5.94. The second kappa shape index (κ2) is 15.2. The van der Waals surface area contributed by atoms with Gasteiger partial charge in [-0.05, 0) is 67.8 Å². The molecular weight excluding hydrogens is 530 g/mol. The van der Waals surface area contributed by atoms with Gasteiger partial charge in [-0.3, -0.25) is 4.79 Å². The van der Waals surface area contributed by atoms with E-state index in [0.717, 1.165) is 72.6 Å². The quantitative estimate of drug-likeness (QED) is 0.149. The van der Waals surface area contributed by atoms with E-state index in [-0.39, 0.29) is 11.9 Å². The number of rotatable bonds is 13. The van der Waals surface area contributed by atoms with Gasteiger partial charge in [0.1, 0.15) is 5.69 Å². The summed E-state index contributed by atoms with van der Waals surface area (Å²) in [5.74, 6) is 1.59. The molecule has 0 bridgehead atoms. The van der Waals surface area contributed by atoms with Gasteiger partial charge in [-0.1, -0.05) is 105 Å². The van der Waals surface area contributed by atoms with Crippen LogP contribution in [0.2, 0.25) is 0 Å². The molecule has 0 spiro atoms. The molecule has 226 valence electrons. The second-order valence-electron chi connectivity index (χ2n) is 12.5. The molecule has 0 N–H and O–H groups in total. The van der Waals surface area contributed by atoms with E-state index in [1.54, 1.807) is 0 Å². The second-order valence-corrected chi connectivity index (χ2v) is 12.5. The fourth-order valence-electron chi connectivity index (χ4n) is 5.95. The van der Waals surface area contributed by atoms with Gasteiger partial charge >= 0.3 is 0 Å². The summed E-state index contributed by atoms with van der Waals surface area (Å²) in [4.78, 5) is 18.7. The highest BCUT2D eigenvalue weighted by Crippen LogP contribution is 2.28. The molecule has 1 amide bonds. The first kappa shape index (κ1) is 30.7. The first-order chi connectivity index (χ1) is 21.0. The van der Waals surface area contributed by atoms with Crippen LogP contribution in [0.4, 0.5) is 0 Å². The lowest BCUT2D eigenvalue weighted by Crippen LogP contribution is -2.47. The van der Waals surface area contributed by atoms with Crippen LogP contribution in [0, 0.1) is 5.92 Å². The predicted molar refractivity (Wildman–Crippen MR) is 176 cm³/mol. The van der Waals surface area contributed by atoms with E-state index >= 15 is 0 Å². The van der Waals surface area contributed by atoms with Crippen molar-refractivity contribution in [1.82, 2.24) is 15.0 Å². The Bertz CT molecular complexity index is 1400. The van der Waals surface area contributed by atoms with Gasteiger partial charge in [-0.2, -0.15) is 0 Å². The molecule has 0 unspecified atom stereocenters. The van der Waals surface area contributed by atoms with Gasteiger partial charge < -0.3 is 14.3 Å². The molecule has 1 aromatic heterocycles. The smallest absolute Gasteiger partial charge is 0.254 e. The Morgan fingerprint density at radius 3 is 2.28 bits per heavy atom. The van der Waals surface area contributed by atoms with Crippen LogP contribution >= 0.6 is 0 Å². The molecule has 1 aliphatic heterocycles. The van der Waals surface area contributed by atoms with Gasteiger partial charge in [0.15, 0.2) is 5.76 Å². The van der Waals surface area contributed by atoms with E-state index in [1.165, 1.54) is 31.2 Å². The van der Waals surface area contributed by atoms with Crippen LogP contribution in [0.3, 0.4) is 0 Å². The summed E-state index contributed by atoms with van der Waals surface area (Å²) in [6.45, 7) is 10.6. The van der Waals surface area contributed by atoms with Crippen molar-refractivity contribution in [2.24, 2.45) is 5.92 Å². The van der Waals surface area contributed by atoms with E-state index in [2.05, 4.69) is 72.1 Å². The van der Waals surface area contributed by atoms with Gasteiger partial charge in [-0.15, -0.1) is 0 Å². The maximum atomic E-state index is 14.0. The van der Waals surface area contributed by atoms with Crippen molar-refractivity contribution in [3.63, 3.8) is 0 Å². The van der Waals surface area contributed by atoms with E-state index in [4.69, 9.17) is 4.52 Å². The van der Waals surface area contributed by atoms with Crippen molar-refractivity contribution in [3.05, 3.63) is 102 Å². The fourth-order valence-corrected chi connectivity index (χ4v) is 5.95. The maximum Gasteiger partial charge on any atom is 0.254 e. The molecule has 2 heterocycles. The van der Waals surface area contributed by atoms with Crippen molar-refractivity contribution in [1.29, 1.82) is 0 Å². The Morgan fingerprint density at radius 2 is 1.60 bits per heavy atom. The molecule has 0 saturated carbocycles. The lowest BCUT2D eigenvalue weighted by atomic mass is 9.99. The standard InChI is InChI=1S/C38H47N3O2/c1-4-5-7-10-30-13-19-34(20-14-30)38(42)41(35-22-25-40(26-23-35)24-21-29(2)3)28-31-15-17-33(18-16-31)37-27-36(39-43-37)32-11-8-6-9-12-32/h6,8-9,11-20,27,29,35H,4-5,7,10,21-26,28H2,1-3H3. The zero-order valence-electron chi connectivity index (χ0n) is 26.2. The van der Waals surface area contributed by atoms with Crippen LogP contribution < -0.4 is 0 Å². The molecule has 5 rings (SSSR count). The van der Waals surface area contributed by atoms with Crippen LogP contribution in [0.5, 0.6) is 0 Å². The van der Waals surface area contributed by atoms with Crippen molar-refractivity contribution in [2.45, 2.75) is 78.3 Å². The van der Waals surface area contributed by atoms with Crippen LogP contribution in [-0.4, -0.2) is 46.5 Å². The van der Waals surface area contributed by atoms with Crippen LogP contribution in [0.25, 0.3) is 22.6 Å². The van der Waals surface area contributed by atoms with Gasteiger partial charge in [0, 0.05) is 48.4 Å². The number of likely N-dealkylation sites (tertiary alicyclic amines) is 1. The number of benzene rings is 3. The molecule has 1 aliphatic rings. The molecule has 1 fully saturated rings. The number of nitrogens with zero attached hydrogens (tertiary/aromatic N) is 3. The minimum Gasteiger partial charge on any atom is -0.356 e.